The van der Waals surface area contributed by atoms with Gasteiger partial charge >= 0.3 is 0 Å². The maximum atomic E-state index is 9.78. The van der Waals surface area contributed by atoms with Crippen LogP contribution in [0.15, 0.2) is 48.5 Å². The monoisotopic (exact) mass is 417 g/mol. The van der Waals surface area contributed by atoms with Crippen LogP contribution in [0.1, 0.15) is 18.2 Å². The minimum atomic E-state index is -3.16. The van der Waals surface area contributed by atoms with Crippen LogP contribution in [0.2, 0.25) is 0 Å². The van der Waals surface area contributed by atoms with Crippen LogP contribution in [0.4, 0.5) is 0 Å². The maximum absolute atomic E-state index is 9.78. The number of hydrogen-bond donors (Lipinski definition) is 0. The fourth-order valence-corrected chi connectivity index (χ4v) is 1.13. The highest BCUT2D eigenvalue weighted by molar-refractivity contribution is 14.1. The third-order valence-electron chi connectivity index (χ3n) is 1.96. The van der Waals surface area contributed by atoms with Gasteiger partial charge in [0.05, 0.1) is 13.4 Å². The second-order valence-corrected chi connectivity index (χ2v) is 4.96. The smallest absolute Gasteiger partial charge is 0.264 e. The fourth-order valence-electron chi connectivity index (χ4n) is 1.13. The predicted octanol–water partition coefficient (Wildman–Crippen LogP) is 5.00. The van der Waals surface area contributed by atoms with Gasteiger partial charge in [-0.05, 0) is 15.7 Å². The van der Waals surface area contributed by atoms with Crippen molar-refractivity contribution in [2.75, 3.05) is 18.3 Å². The van der Waals surface area contributed by atoms with Crippen molar-refractivity contribution in [1.82, 2.24) is 0 Å². The zero-order valence-corrected chi connectivity index (χ0v) is 15.6. The van der Waals surface area contributed by atoms with Crippen LogP contribution in [-0.2, 0) is 14.3 Å². The van der Waals surface area contributed by atoms with Crippen LogP contribution in [0.25, 0.3) is 10.8 Å². The Kier molecular flexibility index (Phi) is 12.9. The van der Waals surface area contributed by atoms with E-state index in [0.717, 1.165) is 13.4 Å². The van der Waals surface area contributed by atoms with Gasteiger partial charge in [-0.2, -0.15) is 8.42 Å². The summed E-state index contributed by atoms with van der Waals surface area (Å²) in [5.74, 6) is 0. The van der Waals surface area contributed by atoms with E-state index in [0.29, 0.717) is 0 Å². The molecule has 0 amide bonds. The zero-order chi connectivity index (χ0) is 18.0. The quantitative estimate of drug-likeness (QED) is 0.373. The number of halogens is 1. The molecule has 0 aliphatic carbocycles. The lowest BCUT2D eigenvalue weighted by Gasteiger charge is -1.92. The molecule has 3 nitrogen and oxygen atoms in total. The minimum absolute atomic E-state index is 0. The van der Waals surface area contributed by atoms with Crippen molar-refractivity contribution in [3.05, 3.63) is 48.5 Å². The highest BCUT2D eigenvalue weighted by Crippen LogP contribution is 2.11. The molecule has 118 valence electrons. The Balaban J connectivity index is -0.000000122. The maximum Gasteiger partial charge on any atom is 0.264 e. The van der Waals surface area contributed by atoms with Crippen molar-refractivity contribution >= 4 is 43.5 Å². The van der Waals surface area contributed by atoms with Gasteiger partial charge in [-0.25, -0.2) is 0 Å². The summed E-state index contributed by atoms with van der Waals surface area (Å²) in [6, 6.07) is 16.7. The fraction of sp³-hybridized carbons (Fsp3) is 0.333. The van der Waals surface area contributed by atoms with Crippen molar-refractivity contribution in [1.29, 1.82) is 0 Å². The van der Waals surface area contributed by atoms with E-state index in [9.17, 15) is 8.42 Å². The first-order valence-corrected chi connectivity index (χ1v) is 10.1. The summed E-state index contributed by atoms with van der Waals surface area (Å²) in [4.78, 5) is 1.97. The van der Waals surface area contributed by atoms with Gasteiger partial charge in [0.25, 0.3) is 10.1 Å². The number of hydrogen-bond acceptors (Lipinski definition) is 3. The molecule has 0 radical (unpaired) electrons. The summed E-state index contributed by atoms with van der Waals surface area (Å²) in [7, 11) is -2.04. The second kappa shape index (κ2) is 13.3. The molecule has 0 fully saturated rings. The van der Waals surface area contributed by atoms with Gasteiger partial charge in [-0.1, -0.05) is 85.0 Å². The van der Waals surface area contributed by atoms with Crippen molar-refractivity contribution in [2.45, 2.75) is 13.8 Å². The van der Waals surface area contributed by atoms with E-state index in [4.69, 9.17) is 2.97 Å². The standard InChI is InChI=1S/C10H8.C2H6O3S.C2H6.CH3I.2H2/c1-2-6-10-8-4-3-7-9(10)5-1;1-5-6(2,3)4;2*1-2;;/h1-8H;1-2H3;1-2H3;1H3;2*1H/i;;;;1+1D;1+1. The van der Waals surface area contributed by atoms with Crippen LogP contribution >= 0.6 is 22.6 Å². The Bertz CT molecular complexity index is 501. The van der Waals surface area contributed by atoms with Crippen LogP contribution in [-0.4, -0.2) is 26.7 Å². The Hall–Kier alpha value is -0.660. The first kappa shape index (κ1) is 19.3. The number of alkyl halides is 1. The van der Waals surface area contributed by atoms with Crippen LogP contribution in [0, 0.1) is 0 Å². The van der Waals surface area contributed by atoms with Gasteiger partial charge in [0, 0.05) is 4.40 Å². The molecule has 0 saturated heterocycles. The van der Waals surface area contributed by atoms with Gasteiger partial charge < -0.3 is 0 Å². The molecule has 0 unspecified atom stereocenters. The van der Waals surface area contributed by atoms with E-state index >= 15 is 0 Å². The lowest BCUT2D eigenvalue weighted by atomic mass is 10.1. The summed E-state index contributed by atoms with van der Waals surface area (Å²) >= 11 is 2.15. The second-order valence-electron chi connectivity index (χ2n) is 3.22. The van der Waals surface area contributed by atoms with Gasteiger partial charge in [-0.15, -0.1) is 0 Å². The molecule has 0 heterocycles. The molecule has 0 N–H and O–H groups in total. The summed E-state index contributed by atoms with van der Waals surface area (Å²) in [6.07, 6.45) is 0.993. The van der Waals surface area contributed by atoms with Crippen LogP contribution in [0.3, 0.4) is 0 Å². The zero-order valence-electron chi connectivity index (χ0n) is 14.6. The molecule has 2 aromatic carbocycles. The van der Waals surface area contributed by atoms with E-state index in [1.54, 1.807) is 0 Å². The molecule has 0 aromatic heterocycles. The SMILES string of the molecule is CC.CI.COS(C)(=O)=O.[2HH].[2H][2H].c1ccc2ccccc2c1. The normalized spacial score (nSPS) is 9.50. The molecular weight excluding hydrogens is 387 g/mol. The molecule has 2 rings (SSSR count). The molecule has 5 heteroatoms. The largest absolute Gasteiger partial charge is 0.274 e. The summed E-state index contributed by atoms with van der Waals surface area (Å²) in [5, 5.41) is 2.62. The van der Waals surface area contributed by atoms with E-state index in [1.165, 1.54) is 10.8 Å². The predicted molar refractivity (Wildman–Crippen MR) is 101 cm³/mol. The Morgan fingerprint density at radius 3 is 1.30 bits per heavy atom. The highest BCUT2D eigenvalue weighted by Gasteiger charge is 1.90. The molecule has 0 saturated carbocycles. The molecule has 0 aliphatic rings. The van der Waals surface area contributed by atoms with Crippen molar-refractivity contribution in [2.24, 2.45) is 0 Å². The van der Waals surface area contributed by atoms with Crippen molar-refractivity contribution in [3.8, 4) is 0 Å². The number of benzene rings is 2. The van der Waals surface area contributed by atoms with Gasteiger partial charge in [0.2, 0.25) is 0 Å². The van der Waals surface area contributed by atoms with Crippen molar-refractivity contribution in [3.63, 3.8) is 0 Å². The molecule has 0 spiro atoms. The summed E-state index contributed by atoms with van der Waals surface area (Å²) in [5.41, 5.74) is 0. The molecular formula is C15H27IO3S. The lowest BCUT2D eigenvalue weighted by molar-refractivity contribution is 0.403. The molecule has 2 aromatic rings. The average molecular weight is 417 g/mol. The Morgan fingerprint density at radius 1 is 0.950 bits per heavy atom. The third-order valence-corrected chi connectivity index (χ3v) is 2.57. The van der Waals surface area contributed by atoms with Gasteiger partial charge in [-0.3, -0.25) is 4.18 Å². The van der Waals surface area contributed by atoms with Gasteiger partial charge in [0.1, 0.15) is 0 Å². The molecule has 0 aliphatic heterocycles. The first-order valence-electron chi connectivity index (χ1n) is 7.10. The lowest BCUT2D eigenvalue weighted by Crippen LogP contribution is -1.95. The third kappa shape index (κ3) is 11.2. The van der Waals surface area contributed by atoms with E-state index in [1.807, 2.05) is 18.8 Å². The van der Waals surface area contributed by atoms with E-state index in [-0.39, 0.29) is 1.43 Å². The number of rotatable bonds is 1. The van der Waals surface area contributed by atoms with Crippen LogP contribution < -0.4 is 0 Å². The average Bonchev–Trinajstić information content (AvgIpc) is 2.60. The topological polar surface area (TPSA) is 43.4 Å². The van der Waals surface area contributed by atoms with E-state index in [2.05, 4.69) is 75.3 Å². The van der Waals surface area contributed by atoms with Gasteiger partial charge in [0.15, 0.2) is 0 Å². The molecule has 0 atom stereocenters. The summed E-state index contributed by atoms with van der Waals surface area (Å²) < 4.78 is 33.5. The summed E-state index contributed by atoms with van der Waals surface area (Å²) in [6.45, 7) is 4.00. The van der Waals surface area contributed by atoms with E-state index < -0.39 is 10.1 Å². The Labute approximate surface area is 141 Å². The van der Waals surface area contributed by atoms with Crippen LogP contribution in [0.5, 0.6) is 0 Å². The number of fused-ring (bicyclic) bond motifs is 1. The molecule has 0 bridgehead atoms. The Morgan fingerprint density at radius 2 is 1.15 bits per heavy atom. The van der Waals surface area contributed by atoms with Crippen molar-refractivity contribution < 1.29 is 17.0 Å². The highest BCUT2D eigenvalue weighted by atomic mass is 127. The first-order chi connectivity index (χ1) is 10.5. The minimum Gasteiger partial charge on any atom is -0.274 e. The molecule has 20 heavy (non-hydrogen) atoms.